The zero-order chi connectivity index (χ0) is 16.3. The van der Waals surface area contributed by atoms with Crippen molar-refractivity contribution >= 4 is 20.9 Å². The first-order valence-corrected chi connectivity index (χ1v) is 8.01. The summed E-state index contributed by atoms with van der Waals surface area (Å²) >= 11 is 0. The minimum Gasteiger partial charge on any atom is -0.347 e. The van der Waals surface area contributed by atoms with E-state index in [1.54, 1.807) is 0 Å². The lowest BCUT2D eigenvalue weighted by molar-refractivity contribution is 0.358. The van der Waals surface area contributed by atoms with Crippen molar-refractivity contribution in [2.75, 3.05) is 0 Å². The van der Waals surface area contributed by atoms with Crippen LogP contribution in [0, 0.1) is 0 Å². The van der Waals surface area contributed by atoms with E-state index in [9.17, 15) is 0 Å². The van der Waals surface area contributed by atoms with E-state index in [1.165, 1.54) is 0 Å². The van der Waals surface area contributed by atoms with Crippen LogP contribution in [0.3, 0.4) is 0 Å². The molecule has 0 N–H and O–H groups in total. The van der Waals surface area contributed by atoms with E-state index in [1.807, 2.05) is 17.9 Å². The summed E-state index contributed by atoms with van der Waals surface area (Å²) in [6.07, 6.45) is 0. The topological polar surface area (TPSA) is 9.72 Å². The highest BCUT2D eigenvalue weighted by molar-refractivity contribution is 6.90. The highest BCUT2D eigenvalue weighted by Crippen LogP contribution is 2.27. The molecule has 0 atom stereocenters. The van der Waals surface area contributed by atoms with E-state index in [0.717, 1.165) is 0 Å². The third-order valence-corrected chi connectivity index (χ3v) is 4.25. The Kier molecular flexibility index (Phi) is 6.57. The molecule has 1 fully saturated rings. The molecule has 1 rings (SSSR count). The Morgan fingerprint density at radius 2 is 0.762 bits per heavy atom. The van der Waals surface area contributed by atoms with E-state index < -0.39 is 0 Å². The van der Waals surface area contributed by atoms with Crippen molar-refractivity contribution < 1.29 is 0 Å². The van der Waals surface area contributed by atoms with Crippen LogP contribution in [0.5, 0.6) is 0 Å². The van der Waals surface area contributed by atoms with Gasteiger partial charge in [0, 0.05) is 0 Å². The van der Waals surface area contributed by atoms with Gasteiger partial charge in [-0.2, -0.15) is 0 Å². The summed E-state index contributed by atoms with van der Waals surface area (Å²) in [5.41, 5.74) is 0. The van der Waals surface area contributed by atoms with Gasteiger partial charge in [-0.15, -0.1) is 19.7 Å². The lowest BCUT2D eigenvalue weighted by Crippen LogP contribution is -2.79. The number of hydrogen-bond acceptors (Lipinski definition) is 3. The Bertz CT molecular complexity index is 315. The maximum absolute atomic E-state index is 4.09. The van der Waals surface area contributed by atoms with Crippen LogP contribution in [0.25, 0.3) is 0 Å². The molecule has 1 saturated heterocycles. The second kappa shape index (κ2) is 7.53. The summed E-state index contributed by atoms with van der Waals surface area (Å²) in [4.78, 5) is 0. The van der Waals surface area contributed by atoms with Crippen molar-refractivity contribution in [2.24, 2.45) is 0 Å². The molecule has 0 spiro atoms. The third-order valence-electron chi connectivity index (χ3n) is 4.25. The molecule has 0 aromatic rings. The lowest BCUT2D eigenvalue weighted by atomic mass is 9.41. The first-order valence-electron chi connectivity index (χ1n) is 8.01. The molecule has 0 unspecified atom stereocenters. The van der Waals surface area contributed by atoms with Gasteiger partial charge in [0.25, 0.3) is 0 Å². The molecule has 0 aliphatic carbocycles. The summed E-state index contributed by atoms with van der Waals surface area (Å²) in [5.74, 6) is 6.14. The van der Waals surface area contributed by atoms with E-state index in [4.69, 9.17) is 0 Å². The van der Waals surface area contributed by atoms with Gasteiger partial charge in [-0.3, -0.25) is 0 Å². The number of hydrogen-bond donors (Lipinski definition) is 0. The second-order valence-corrected chi connectivity index (χ2v) is 6.57. The Balaban J connectivity index is 3.42. The van der Waals surface area contributed by atoms with Gasteiger partial charge in [0.1, 0.15) is 0 Å². The Morgan fingerprint density at radius 3 is 0.857 bits per heavy atom. The monoisotopic (exact) mass is 285 g/mol. The highest BCUT2D eigenvalue weighted by atomic mass is 15.3. The molecule has 114 valence electrons. The first kappa shape index (κ1) is 18.3. The van der Waals surface area contributed by atoms with Gasteiger partial charge in [0.2, 0.25) is 0 Å². The zero-order valence-electron chi connectivity index (χ0n) is 14.7. The quantitative estimate of drug-likeness (QED) is 0.695. The molecular weight excluding hydrogens is 255 g/mol. The Hall–Kier alpha value is -0.705. The first-order chi connectivity index (χ1) is 9.81. The van der Waals surface area contributed by atoms with Crippen LogP contribution in [-0.2, 0) is 0 Å². The molecule has 6 heteroatoms. The van der Waals surface area contributed by atoms with E-state index in [2.05, 4.69) is 75.4 Å². The smallest absolute Gasteiger partial charge is 0.318 e. The van der Waals surface area contributed by atoms with Crippen LogP contribution in [0.15, 0.2) is 37.7 Å². The lowest BCUT2D eigenvalue weighted by Gasteiger charge is -2.56. The molecular formula is C15H30B3N3. The predicted molar refractivity (Wildman–Crippen MR) is 98.8 cm³/mol. The SMILES string of the molecule is C=CB1N(C(C)C)B(C=C)N(C(C)C)B(C=C)N1C(C)C. The molecule has 0 bridgehead atoms. The average Bonchev–Trinajstić information content (AvgIpc) is 2.42. The summed E-state index contributed by atoms with van der Waals surface area (Å²) in [7, 11) is 0. The maximum atomic E-state index is 4.09. The van der Waals surface area contributed by atoms with Crippen molar-refractivity contribution in [1.29, 1.82) is 0 Å². The van der Waals surface area contributed by atoms with Crippen molar-refractivity contribution in [3.8, 4) is 0 Å². The zero-order valence-corrected chi connectivity index (χ0v) is 14.7. The average molecular weight is 285 g/mol. The molecule has 3 nitrogen and oxygen atoms in total. The highest BCUT2D eigenvalue weighted by Gasteiger charge is 2.51. The summed E-state index contributed by atoms with van der Waals surface area (Å²) in [6.45, 7) is 26.2. The van der Waals surface area contributed by atoms with Crippen LogP contribution in [0.2, 0.25) is 0 Å². The van der Waals surface area contributed by atoms with Crippen molar-refractivity contribution in [1.82, 2.24) is 14.2 Å². The van der Waals surface area contributed by atoms with Crippen molar-refractivity contribution in [3.05, 3.63) is 37.7 Å². The van der Waals surface area contributed by atoms with Crippen molar-refractivity contribution in [2.45, 2.75) is 59.7 Å². The van der Waals surface area contributed by atoms with Crippen LogP contribution in [0.1, 0.15) is 41.5 Å². The normalized spacial score (nSPS) is 19.0. The molecule has 0 amide bonds. The number of nitrogens with zero attached hydrogens (tertiary/aromatic N) is 3. The molecule has 1 aliphatic heterocycles. The van der Waals surface area contributed by atoms with Crippen LogP contribution < -0.4 is 0 Å². The largest absolute Gasteiger partial charge is 0.347 e. The maximum Gasteiger partial charge on any atom is 0.318 e. The number of rotatable bonds is 6. The van der Waals surface area contributed by atoms with Gasteiger partial charge in [-0.05, 0) is 18.1 Å². The fraction of sp³-hybridized carbons (Fsp3) is 0.600. The predicted octanol–water partition coefficient (Wildman–Crippen LogP) is 2.77. The van der Waals surface area contributed by atoms with Crippen LogP contribution >= 0.6 is 0 Å². The standard InChI is InChI=1S/C15H30B3N3/c1-10-16-19(13(4)5)17(11-2)21(15(8)9)18(12-3)20(16)14(6)7/h10-15H,1-3H2,4-9H3. The van der Waals surface area contributed by atoms with Gasteiger partial charge in [0.05, 0.1) is 0 Å². The van der Waals surface area contributed by atoms with Crippen LogP contribution in [-0.4, -0.2) is 53.2 Å². The second-order valence-electron chi connectivity index (χ2n) is 6.57. The van der Waals surface area contributed by atoms with E-state index in [0.29, 0.717) is 18.1 Å². The van der Waals surface area contributed by atoms with Crippen LogP contribution in [0.4, 0.5) is 0 Å². The van der Waals surface area contributed by atoms with E-state index >= 15 is 0 Å². The molecule has 0 radical (unpaired) electrons. The summed E-state index contributed by atoms with van der Waals surface area (Å²) < 4.78 is 7.42. The molecule has 0 aromatic heterocycles. The van der Waals surface area contributed by atoms with Crippen molar-refractivity contribution in [3.63, 3.8) is 0 Å². The Morgan fingerprint density at radius 1 is 0.571 bits per heavy atom. The summed E-state index contributed by atoms with van der Waals surface area (Å²) in [5, 5.41) is 0. The molecule has 1 aliphatic rings. The van der Waals surface area contributed by atoms with Gasteiger partial charge in [-0.1, -0.05) is 59.5 Å². The molecule has 0 aromatic carbocycles. The van der Waals surface area contributed by atoms with Gasteiger partial charge in [0.15, 0.2) is 0 Å². The molecule has 21 heavy (non-hydrogen) atoms. The third kappa shape index (κ3) is 3.38. The fourth-order valence-electron chi connectivity index (χ4n) is 3.49. The summed E-state index contributed by atoms with van der Waals surface area (Å²) in [6, 6.07) is 1.22. The minimum absolute atomic E-state index is 0.186. The Labute approximate surface area is 133 Å². The molecule has 0 saturated carbocycles. The fourth-order valence-corrected chi connectivity index (χ4v) is 3.49. The van der Waals surface area contributed by atoms with Gasteiger partial charge in [-0.25, -0.2) is 0 Å². The van der Waals surface area contributed by atoms with Gasteiger partial charge < -0.3 is 14.2 Å². The van der Waals surface area contributed by atoms with E-state index in [-0.39, 0.29) is 20.9 Å². The minimum atomic E-state index is 0.186. The van der Waals surface area contributed by atoms with Gasteiger partial charge >= 0.3 is 20.9 Å². The molecule has 1 heterocycles.